The molecule has 1 unspecified atom stereocenters. The zero-order valence-corrected chi connectivity index (χ0v) is 7.43. The quantitative estimate of drug-likeness (QED) is 0.725. The van der Waals surface area contributed by atoms with Crippen LogP contribution in [0.3, 0.4) is 0 Å². The molecule has 0 bridgehead atoms. The molecular formula is C9H8NOS. The monoisotopic (exact) mass is 178 g/mol. The minimum absolute atomic E-state index is 0.499. The van der Waals surface area contributed by atoms with E-state index in [4.69, 9.17) is 0 Å². The Morgan fingerprint density at radius 2 is 2.50 bits per heavy atom. The maximum atomic E-state index is 9.37. The van der Waals surface area contributed by atoms with Gasteiger partial charge in [-0.1, -0.05) is 0 Å². The molecule has 0 saturated heterocycles. The molecule has 2 rings (SSSR count). The van der Waals surface area contributed by atoms with Crippen LogP contribution in [-0.4, -0.2) is 10.1 Å². The van der Waals surface area contributed by atoms with Gasteiger partial charge in [0.15, 0.2) is 0 Å². The summed E-state index contributed by atoms with van der Waals surface area (Å²) in [7, 11) is 0. The van der Waals surface area contributed by atoms with Crippen LogP contribution in [0.25, 0.3) is 10.1 Å². The number of fused-ring (bicyclic) bond motifs is 1. The van der Waals surface area contributed by atoms with Gasteiger partial charge in [-0.2, -0.15) is 0 Å². The highest BCUT2D eigenvalue weighted by Gasteiger charge is 2.07. The molecule has 0 saturated carbocycles. The molecule has 0 amide bonds. The highest BCUT2D eigenvalue weighted by atomic mass is 32.1. The molecule has 3 heteroatoms. The Labute approximate surface area is 74.5 Å². The Hall–Kier alpha value is -0.930. The van der Waals surface area contributed by atoms with E-state index in [-0.39, 0.29) is 0 Å². The number of thiophene rings is 1. The van der Waals surface area contributed by atoms with E-state index in [1.165, 1.54) is 0 Å². The lowest BCUT2D eigenvalue weighted by Crippen LogP contribution is -1.94. The van der Waals surface area contributed by atoms with Crippen LogP contribution >= 0.6 is 11.3 Å². The van der Waals surface area contributed by atoms with E-state index in [2.05, 4.69) is 11.1 Å². The minimum atomic E-state index is -0.499. The van der Waals surface area contributed by atoms with Crippen LogP contribution in [0.4, 0.5) is 0 Å². The zero-order valence-electron chi connectivity index (χ0n) is 6.61. The third-order valence-electron chi connectivity index (χ3n) is 1.72. The van der Waals surface area contributed by atoms with Crippen molar-refractivity contribution in [3.8, 4) is 0 Å². The maximum Gasteiger partial charge on any atom is 0.0946 e. The van der Waals surface area contributed by atoms with Gasteiger partial charge in [0.1, 0.15) is 0 Å². The van der Waals surface area contributed by atoms with E-state index in [0.717, 1.165) is 15.8 Å². The van der Waals surface area contributed by atoms with Gasteiger partial charge >= 0.3 is 0 Å². The first-order valence-corrected chi connectivity index (χ1v) is 4.59. The lowest BCUT2D eigenvalue weighted by molar-refractivity contribution is 0.196. The summed E-state index contributed by atoms with van der Waals surface area (Å²) in [6, 6.07) is 4.99. The highest BCUT2D eigenvalue weighted by molar-refractivity contribution is 7.17. The van der Waals surface area contributed by atoms with Crippen LogP contribution in [-0.2, 0) is 0 Å². The number of hydrogen-bond acceptors (Lipinski definition) is 3. The molecule has 2 aromatic rings. The van der Waals surface area contributed by atoms with Crippen LogP contribution < -0.4 is 0 Å². The molecule has 0 aliphatic heterocycles. The first kappa shape index (κ1) is 7.71. The second-order valence-corrected chi connectivity index (χ2v) is 3.54. The van der Waals surface area contributed by atoms with Gasteiger partial charge in [-0.05, 0) is 18.4 Å². The van der Waals surface area contributed by atoms with Crippen molar-refractivity contribution in [2.24, 2.45) is 0 Å². The van der Waals surface area contributed by atoms with E-state index in [1.54, 1.807) is 24.5 Å². The normalized spacial score (nSPS) is 13.5. The predicted octanol–water partition coefficient (Wildman–Crippen LogP) is 2.15. The number of hydrogen-bond donors (Lipinski definition) is 1. The van der Waals surface area contributed by atoms with Gasteiger partial charge in [0.25, 0.3) is 0 Å². The van der Waals surface area contributed by atoms with Crippen LogP contribution in [0.2, 0.25) is 0 Å². The molecular weight excluding hydrogens is 170 g/mol. The summed E-state index contributed by atoms with van der Waals surface area (Å²) in [6.07, 6.45) is 1.11. The van der Waals surface area contributed by atoms with Crippen LogP contribution in [0.1, 0.15) is 18.7 Å². The fourth-order valence-corrected chi connectivity index (χ4v) is 2.09. The predicted molar refractivity (Wildman–Crippen MR) is 49.1 cm³/mol. The summed E-state index contributed by atoms with van der Waals surface area (Å²) in [6.45, 7) is 1.72. The summed E-state index contributed by atoms with van der Waals surface area (Å²) < 4.78 is 1.03. The summed E-state index contributed by atoms with van der Waals surface area (Å²) in [5.41, 5.74) is 0.749. The Balaban J connectivity index is 2.73. The fraction of sp³-hybridized carbons (Fsp3) is 0.222. The topological polar surface area (TPSA) is 33.1 Å². The Kier molecular flexibility index (Phi) is 1.83. The van der Waals surface area contributed by atoms with Crippen molar-refractivity contribution in [2.45, 2.75) is 13.0 Å². The lowest BCUT2D eigenvalue weighted by atomic mass is 10.2. The molecule has 12 heavy (non-hydrogen) atoms. The summed E-state index contributed by atoms with van der Waals surface area (Å²) in [5.74, 6) is 0. The van der Waals surface area contributed by atoms with Crippen molar-refractivity contribution >= 4 is 21.4 Å². The summed E-state index contributed by atoms with van der Waals surface area (Å²) in [5, 5.41) is 12.4. The van der Waals surface area contributed by atoms with E-state index in [1.807, 2.05) is 11.4 Å². The minimum Gasteiger partial charge on any atom is -0.387 e. The molecule has 1 atom stereocenters. The highest BCUT2D eigenvalue weighted by Crippen LogP contribution is 2.26. The smallest absolute Gasteiger partial charge is 0.0946 e. The van der Waals surface area contributed by atoms with E-state index >= 15 is 0 Å². The average Bonchev–Trinajstić information content (AvgIpc) is 2.49. The van der Waals surface area contributed by atoms with E-state index < -0.39 is 6.10 Å². The van der Waals surface area contributed by atoms with Gasteiger partial charge in [0, 0.05) is 17.6 Å². The van der Waals surface area contributed by atoms with Crippen LogP contribution in [0.5, 0.6) is 0 Å². The van der Waals surface area contributed by atoms with Crippen LogP contribution in [0, 0.1) is 6.07 Å². The molecule has 1 N–H and O–H groups in total. The maximum absolute atomic E-state index is 9.37. The molecule has 0 fully saturated rings. The Morgan fingerprint density at radius 3 is 3.25 bits per heavy atom. The second-order valence-electron chi connectivity index (χ2n) is 2.63. The van der Waals surface area contributed by atoms with Gasteiger partial charge in [0.2, 0.25) is 0 Å². The third-order valence-corrected chi connectivity index (χ3v) is 2.65. The Bertz CT molecular complexity index is 394. The first-order valence-electron chi connectivity index (χ1n) is 3.71. The number of aliphatic hydroxyl groups is 1. The van der Waals surface area contributed by atoms with Gasteiger partial charge in [-0.15, -0.1) is 11.3 Å². The Morgan fingerprint density at radius 1 is 1.67 bits per heavy atom. The van der Waals surface area contributed by atoms with Crippen molar-refractivity contribution in [2.75, 3.05) is 0 Å². The number of aliphatic hydroxyl groups excluding tert-OH is 1. The fourth-order valence-electron chi connectivity index (χ4n) is 1.15. The molecule has 2 heterocycles. The molecule has 61 valence electrons. The molecule has 0 spiro atoms. The molecule has 0 aliphatic carbocycles. The molecule has 0 aromatic carbocycles. The standard InChI is InChI=1S/C9H8NOS/c1-6(11)8-9-7(2-4-10-8)3-5-12-9/h3-6,11H,1H3. The molecule has 2 aromatic heterocycles. The largest absolute Gasteiger partial charge is 0.387 e. The van der Waals surface area contributed by atoms with Gasteiger partial charge in [0.05, 0.1) is 16.5 Å². The number of aromatic nitrogens is 1. The van der Waals surface area contributed by atoms with Crippen molar-refractivity contribution in [3.63, 3.8) is 0 Å². The number of nitrogens with zero attached hydrogens (tertiary/aromatic N) is 1. The van der Waals surface area contributed by atoms with Crippen molar-refractivity contribution in [1.82, 2.24) is 4.98 Å². The second kappa shape index (κ2) is 2.84. The van der Waals surface area contributed by atoms with Gasteiger partial charge in [-0.25, -0.2) is 0 Å². The third kappa shape index (κ3) is 1.11. The number of pyridine rings is 1. The van der Waals surface area contributed by atoms with Gasteiger partial charge < -0.3 is 5.11 Å². The molecule has 1 radical (unpaired) electrons. The zero-order chi connectivity index (χ0) is 8.55. The summed E-state index contributed by atoms with van der Waals surface area (Å²) in [4.78, 5) is 4.08. The van der Waals surface area contributed by atoms with Crippen LogP contribution in [0.15, 0.2) is 17.6 Å². The van der Waals surface area contributed by atoms with Crippen molar-refractivity contribution in [3.05, 3.63) is 29.4 Å². The molecule has 0 aliphatic rings. The number of rotatable bonds is 1. The first-order chi connectivity index (χ1) is 5.79. The van der Waals surface area contributed by atoms with Crippen molar-refractivity contribution < 1.29 is 5.11 Å². The average molecular weight is 178 g/mol. The van der Waals surface area contributed by atoms with Crippen molar-refractivity contribution in [1.29, 1.82) is 0 Å². The molecule has 2 nitrogen and oxygen atoms in total. The summed E-state index contributed by atoms with van der Waals surface area (Å²) >= 11 is 1.59. The van der Waals surface area contributed by atoms with E-state index in [9.17, 15) is 5.11 Å². The SMILES string of the molecule is CC(O)c1nc[c]c2ccsc12. The lowest BCUT2D eigenvalue weighted by Gasteiger charge is -2.03. The van der Waals surface area contributed by atoms with Gasteiger partial charge in [-0.3, -0.25) is 4.98 Å². The van der Waals surface area contributed by atoms with E-state index in [0.29, 0.717) is 0 Å².